The number of aromatic nitrogens is 1. The number of thioether (sulfide) groups is 1. The molecule has 0 saturated heterocycles. The normalized spacial score (nSPS) is 13.6. The van der Waals surface area contributed by atoms with Crippen molar-refractivity contribution in [3.8, 4) is 0 Å². The van der Waals surface area contributed by atoms with Gasteiger partial charge in [-0.2, -0.15) is 0 Å². The van der Waals surface area contributed by atoms with Crippen molar-refractivity contribution >= 4 is 55.5 Å². The molecule has 2 unspecified atom stereocenters. The van der Waals surface area contributed by atoms with E-state index >= 15 is 0 Å². The van der Waals surface area contributed by atoms with E-state index in [-0.39, 0.29) is 29.9 Å². The fraction of sp³-hybridized carbons (Fsp3) is 0.542. The number of benzene rings is 1. The van der Waals surface area contributed by atoms with Crippen LogP contribution in [-0.4, -0.2) is 77.6 Å². The van der Waals surface area contributed by atoms with Gasteiger partial charge in [-0.15, -0.1) is 0 Å². The molecule has 1 aromatic heterocycles. The monoisotopic (exact) mass is 606 g/mol. The van der Waals surface area contributed by atoms with E-state index in [0.29, 0.717) is 16.6 Å². The van der Waals surface area contributed by atoms with Gasteiger partial charge in [0, 0.05) is 35.9 Å². The first-order valence-corrected chi connectivity index (χ1v) is 16.6. The highest BCUT2D eigenvalue weighted by atomic mass is 32.2. The van der Waals surface area contributed by atoms with Crippen LogP contribution in [0.25, 0.3) is 10.9 Å². The summed E-state index contributed by atoms with van der Waals surface area (Å²) in [6.07, 6.45) is 3.16. The summed E-state index contributed by atoms with van der Waals surface area (Å²) in [5, 5.41) is 2.33. The first-order valence-electron chi connectivity index (χ1n) is 12.6. The van der Waals surface area contributed by atoms with Gasteiger partial charge in [-0.3, -0.25) is 24.0 Å². The smallest absolute Gasteiger partial charge is 0.348 e. The van der Waals surface area contributed by atoms with E-state index in [1.165, 1.54) is 18.3 Å². The quantitative estimate of drug-likeness (QED) is 0.147. The van der Waals surface area contributed by atoms with E-state index in [0.717, 1.165) is 44.2 Å². The second kappa shape index (κ2) is 15.9. The first-order chi connectivity index (χ1) is 18.4. The van der Waals surface area contributed by atoms with Crippen molar-refractivity contribution in [1.29, 1.82) is 0 Å². The number of anilines is 1. The minimum atomic E-state index is -4.94. The molecule has 1 heterocycles. The summed E-state index contributed by atoms with van der Waals surface area (Å²) >= 11 is 0.995. The van der Waals surface area contributed by atoms with Crippen LogP contribution in [-0.2, 0) is 9.36 Å². The van der Waals surface area contributed by atoms with Crippen LogP contribution in [0.5, 0.6) is 0 Å². The van der Waals surface area contributed by atoms with E-state index < -0.39 is 33.2 Å². The molecule has 0 saturated carbocycles. The van der Waals surface area contributed by atoms with Gasteiger partial charge < -0.3 is 29.8 Å². The molecule has 218 valence electrons. The summed E-state index contributed by atoms with van der Waals surface area (Å²) in [6, 6.07) is 5.77. The Labute approximate surface area is 233 Å². The molecule has 0 radical (unpaired) electrons. The van der Waals surface area contributed by atoms with E-state index in [4.69, 9.17) is 0 Å². The Bertz CT molecular complexity index is 1150. The molecule has 0 aliphatic heterocycles. The summed E-state index contributed by atoms with van der Waals surface area (Å²) in [7, 11) is -8.02. The average Bonchev–Trinajstić information content (AvgIpc) is 2.87. The molecule has 0 bridgehead atoms. The van der Waals surface area contributed by atoms with Crippen molar-refractivity contribution in [3.05, 3.63) is 36.3 Å². The standard InChI is InChI=1S/C24H37FN4O7P2S/c1-4-28(5-2)14-6-8-17(3)29(21-12-13-26-20-16-18(25)10-11-19(20)21)24(31)39-15-7-9-22(30)27-23(37(32)33)38(34,35)36/h10-13,16-17,23,32-33H,4-9,14-15H2,1-3H3,(H,27,30)(H2,34,35,36). The summed E-state index contributed by atoms with van der Waals surface area (Å²) in [5.74, 6) is -0.961. The topological polar surface area (TPSA) is 164 Å². The number of amides is 2. The third kappa shape index (κ3) is 10.3. The second-order valence-electron chi connectivity index (χ2n) is 8.95. The average molecular weight is 607 g/mol. The Balaban J connectivity index is 2.11. The fourth-order valence-corrected chi connectivity index (χ4v) is 6.59. The number of carbonyl (C=O) groups is 2. The lowest BCUT2D eigenvalue weighted by Gasteiger charge is -2.30. The molecule has 39 heavy (non-hydrogen) atoms. The Morgan fingerprint density at radius 3 is 2.49 bits per heavy atom. The molecule has 2 amide bonds. The molecule has 15 heteroatoms. The summed E-state index contributed by atoms with van der Waals surface area (Å²) in [6.45, 7) is 8.91. The molecule has 2 atom stereocenters. The van der Waals surface area contributed by atoms with Gasteiger partial charge in [0.05, 0.1) is 11.2 Å². The lowest BCUT2D eigenvalue weighted by atomic mass is 10.1. The van der Waals surface area contributed by atoms with Crippen molar-refractivity contribution in [2.24, 2.45) is 0 Å². The molecule has 11 nitrogen and oxygen atoms in total. The molecule has 0 aliphatic rings. The number of hydrogen-bond donors (Lipinski definition) is 5. The second-order valence-corrected chi connectivity index (χ2v) is 13.3. The van der Waals surface area contributed by atoms with Gasteiger partial charge >= 0.3 is 7.60 Å². The summed E-state index contributed by atoms with van der Waals surface area (Å²) in [4.78, 5) is 70.5. The van der Waals surface area contributed by atoms with Crippen LogP contribution in [0.15, 0.2) is 30.5 Å². The van der Waals surface area contributed by atoms with Crippen LogP contribution in [0.2, 0.25) is 0 Å². The van der Waals surface area contributed by atoms with Gasteiger partial charge in [0.1, 0.15) is 5.82 Å². The van der Waals surface area contributed by atoms with Crippen molar-refractivity contribution in [1.82, 2.24) is 15.2 Å². The van der Waals surface area contributed by atoms with E-state index in [1.807, 2.05) is 12.2 Å². The predicted octanol–water partition coefficient (Wildman–Crippen LogP) is 4.20. The lowest BCUT2D eigenvalue weighted by molar-refractivity contribution is -0.121. The molecular weight excluding hydrogens is 569 g/mol. The van der Waals surface area contributed by atoms with Crippen LogP contribution in [0.1, 0.15) is 46.5 Å². The van der Waals surface area contributed by atoms with Gasteiger partial charge in [-0.1, -0.05) is 25.6 Å². The van der Waals surface area contributed by atoms with Crippen LogP contribution >= 0.6 is 27.7 Å². The number of fused-ring (bicyclic) bond motifs is 1. The molecular formula is C24H37FN4O7P2S. The molecule has 2 aromatic rings. The zero-order valence-electron chi connectivity index (χ0n) is 22.2. The number of nitrogens with zero attached hydrogens (tertiary/aromatic N) is 3. The number of pyridine rings is 1. The third-order valence-electron chi connectivity index (χ3n) is 6.17. The number of nitrogens with one attached hydrogen (secondary N) is 1. The summed E-state index contributed by atoms with van der Waals surface area (Å²) in [5.41, 5.74) is -1.03. The third-order valence-corrected chi connectivity index (χ3v) is 9.96. The number of halogens is 1. The molecule has 0 spiro atoms. The SMILES string of the molecule is CCN(CC)CCCC(C)N(C(=O)SCCCC(=O)NC(P(O)O)P(=O)(O)O)c1ccnc2cc(F)ccc12. The van der Waals surface area contributed by atoms with Crippen molar-refractivity contribution < 1.29 is 38.1 Å². The Hall–Kier alpha value is -1.69. The Morgan fingerprint density at radius 1 is 1.18 bits per heavy atom. The number of rotatable bonds is 15. The van der Waals surface area contributed by atoms with Gasteiger partial charge in [-0.25, -0.2) is 4.39 Å². The maximum Gasteiger partial charge on any atom is 0.356 e. The molecule has 0 aliphatic carbocycles. The lowest BCUT2D eigenvalue weighted by Crippen LogP contribution is -2.37. The van der Waals surface area contributed by atoms with Crippen molar-refractivity contribution in [2.45, 2.75) is 58.0 Å². The number of hydrogen-bond acceptors (Lipinski definition) is 8. The zero-order valence-corrected chi connectivity index (χ0v) is 24.8. The maximum atomic E-state index is 13.8. The number of carbonyl (C=O) groups excluding carboxylic acids is 2. The van der Waals surface area contributed by atoms with Gasteiger partial charge in [0.25, 0.3) is 5.24 Å². The highest BCUT2D eigenvalue weighted by molar-refractivity contribution is 8.13. The highest BCUT2D eigenvalue weighted by Gasteiger charge is 2.36. The minimum Gasteiger partial charge on any atom is -0.348 e. The van der Waals surface area contributed by atoms with Crippen LogP contribution in [0.3, 0.4) is 0 Å². The van der Waals surface area contributed by atoms with Crippen LogP contribution in [0, 0.1) is 5.82 Å². The minimum absolute atomic E-state index is 0.170. The highest BCUT2D eigenvalue weighted by Crippen LogP contribution is 2.53. The van der Waals surface area contributed by atoms with Crippen LogP contribution in [0.4, 0.5) is 14.9 Å². The maximum absolute atomic E-state index is 13.8. The van der Waals surface area contributed by atoms with Gasteiger partial charge in [-0.05, 0) is 64.0 Å². The Morgan fingerprint density at radius 2 is 1.87 bits per heavy atom. The predicted molar refractivity (Wildman–Crippen MR) is 153 cm³/mol. The largest absolute Gasteiger partial charge is 0.356 e. The van der Waals surface area contributed by atoms with Crippen molar-refractivity contribution in [3.63, 3.8) is 0 Å². The van der Waals surface area contributed by atoms with E-state index in [1.54, 1.807) is 17.0 Å². The summed E-state index contributed by atoms with van der Waals surface area (Å²) < 4.78 is 25.2. The van der Waals surface area contributed by atoms with E-state index in [9.17, 15) is 38.1 Å². The fourth-order valence-electron chi connectivity index (χ4n) is 4.07. The van der Waals surface area contributed by atoms with Gasteiger partial charge in [0.15, 0.2) is 0 Å². The van der Waals surface area contributed by atoms with Gasteiger partial charge in [0.2, 0.25) is 19.8 Å². The molecule has 1 aromatic carbocycles. The van der Waals surface area contributed by atoms with Crippen LogP contribution < -0.4 is 10.2 Å². The molecule has 5 N–H and O–H groups in total. The van der Waals surface area contributed by atoms with E-state index in [2.05, 4.69) is 23.7 Å². The van der Waals surface area contributed by atoms with Crippen molar-refractivity contribution in [2.75, 3.05) is 30.3 Å². The molecule has 2 rings (SSSR count). The molecule has 0 fully saturated rings. The first kappa shape index (κ1) is 33.5. The Kier molecular flexibility index (Phi) is 13.7. The zero-order chi connectivity index (χ0) is 29.2.